The summed E-state index contributed by atoms with van der Waals surface area (Å²) < 4.78 is 3.77. The lowest BCUT2D eigenvalue weighted by Crippen LogP contribution is -2.23. The molecular formula is C28H21N5O2S4. The van der Waals surface area contributed by atoms with Crippen molar-refractivity contribution in [1.82, 2.24) is 14.1 Å². The number of nitriles is 1. The minimum atomic E-state index is -0.326. The smallest absolute Gasteiger partial charge is 0.267 e. The van der Waals surface area contributed by atoms with E-state index in [1.165, 1.54) is 16.6 Å². The highest BCUT2D eigenvalue weighted by Crippen LogP contribution is 2.35. The summed E-state index contributed by atoms with van der Waals surface area (Å²) in [5, 5.41) is 13.7. The van der Waals surface area contributed by atoms with E-state index in [4.69, 9.17) is 17.2 Å². The molecule has 1 aliphatic carbocycles. The van der Waals surface area contributed by atoms with Gasteiger partial charge in [-0.3, -0.25) is 18.7 Å². The molecule has 0 bridgehead atoms. The topological polar surface area (TPSA) is 92.7 Å². The van der Waals surface area contributed by atoms with E-state index < -0.39 is 0 Å². The van der Waals surface area contributed by atoms with Gasteiger partial charge in [0.25, 0.3) is 5.56 Å². The second-order valence-corrected chi connectivity index (χ2v) is 12.6. The lowest BCUT2D eigenvalue weighted by Gasteiger charge is -2.14. The number of anilines is 1. The summed E-state index contributed by atoms with van der Waals surface area (Å²) in [6.45, 7) is 0. The van der Waals surface area contributed by atoms with Gasteiger partial charge in [-0.05, 0) is 67.7 Å². The predicted octanol–water partition coefficient (Wildman–Crippen LogP) is 6.51. The van der Waals surface area contributed by atoms with Gasteiger partial charge in [0.1, 0.15) is 21.6 Å². The van der Waals surface area contributed by atoms with E-state index in [0.717, 1.165) is 53.1 Å². The van der Waals surface area contributed by atoms with Crippen LogP contribution in [0, 0.1) is 15.3 Å². The molecule has 11 heteroatoms. The number of benzene rings is 2. The number of carbonyl (C=O) groups excluding carboxylic acids is 1. The van der Waals surface area contributed by atoms with E-state index in [-0.39, 0.29) is 17.2 Å². The van der Waals surface area contributed by atoms with Gasteiger partial charge in [-0.1, -0.05) is 59.5 Å². The lowest BCUT2D eigenvalue weighted by atomic mass is 9.97. The van der Waals surface area contributed by atoms with E-state index in [1.54, 1.807) is 20.5 Å². The maximum atomic E-state index is 13.9. The van der Waals surface area contributed by atoms with E-state index in [2.05, 4.69) is 11.4 Å². The first-order valence-electron chi connectivity index (χ1n) is 12.3. The number of nitrogens with zero attached hydrogens (tertiary/aromatic N) is 4. The number of hydrogen-bond donors (Lipinski definition) is 1. The van der Waals surface area contributed by atoms with E-state index >= 15 is 0 Å². The van der Waals surface area contributed by atoms with Crippen molar-refractivity contribution in [1.29, 1.82) is 5.26 Å². The van der Waals surface area contributed by atoms with E-state index in [9.17, 15) is 14.9 Å². The van der Waals surface area contributed by atoms with Gasteiger partial charge in [-0.2, -0.15) is 5.26 Å². The minimum absolute atomic E-state index is 0.00185. The van der Waals surface area contributed by atoms with Crippen LogP contribution in [0.25, 0.3) is 21.6 Å². The summed E-state index contributed by atoms with van der Waals surface area (Å²) in [5.74, 6) is 0.0190. The molecule has 0 fully saturated rings. The molecule has 194 valence electrons. The van der Waals surface area contributed by atoms with Gasteiger partial charge < -0.3 is 5.32 Å². The van der Waals surface area contributed by atoms with Crippen LogP contribution in [0.5, 0.6) is 0 Å². The predicted molar refractivity (Wildman–Crippen MR) is 160 cm³/mol. The van der Waals surface area contributed by atoms with Crippen LogP contribution < -0.4 is 10.9 Å². The van der Waals surface area contributed by atoms with Crippen molar-refractivity contribution in [3.63, 3.8) is 0 Å². The first kappa shape index (κ1) is 25.7. The van der Waals surface area contributed by atoms with Crippen LogP contribution in [0.15, 0.2) is 70.6 Å². The number of carbonyl (C=O) groups is 1. The van der Waals surface area contributed by atoms with Crippen molar-refractivity contribution in [3.05, 3.63) is 90.3 Å². The quantitative estimate of drug-likeness (QED) is 0.138. The minimum Gasteiger partial charge on any atom is -0.309 e. The average Bonchev–Trinajstić information content (AvgIpc) is 3.49. The van der Waals surface area contributed by atoms with Crippen LogP contribution in [-0.4, -0.2) is 25.8 Å². The lowest BCUT2D eigenvalue weighted by molar-refractivity contribution is -0.113. The van der Waals surface area contributed by atoms with Crippen LogP contribution in [0.1, 0.15) is 28.2 Å². The van der Waals surface area contributed by atoms with Crippen molar-refractivity contribution in [2.75, 3.05) is 11.1 Å². The molecule has 0 atom stereocenters. The molecule has 2 aromatic carbocycles. The van der Waals surface area contributed by atoms with E-state index in [0.29, 0.717) is 30.9 Å². The van der Waals surface area contributed by atoms with Crippen LogP contribution in [0.3, 0.4) is 0 Å². The van der Waals surface area contributed by atoms with Crippen LogP contribution in [0.4, 0.5) is 5.82 Å². The molecule has 7 nitrogen and oxygen atoms in total. The number of thiophene rings is 1. The highest BCUT2D eigenvalue weighted by atomic mass is 32.2. The molecule has 39 heavy (non-hydrogen) atoms. The summed E-state index contributed by atoms with van der Waals surface area (Å²) in [7, 11) is 0. The van der Waals surface area contributed by atoms with Crippen molar-refractivity contribution < 1.29 is 4.79 Å². The molecule has 3 heterocycles. The van der Waals surface area contributed by atoms with Gasteiger partial charge in [0.2, 0.25) is 5.91 Å². The molecule has 1 amide bonds. The third kappa shape index (κ3) is 4.85. The molecule has 5 aromatic rings. The molecule has 1 aliphatic rings. The zero-order valence-electron chi connectivity index (χ0n) is 20.5. The van der Waals surface area contributed by atoms with Crippen molar-refractivity contribution >= 4 is 68.6 Å². The van der Waals surface area contributed by atoms with Crippen LogP contribution in [0.2, 0.25) is 0 Å². The second-order valence-electron chi connectivity index (χ2n) is 8.93. The zero-order chi connectivity index (χ0) is 26.9. The van der Waals surface area contributed by atoms with Crippen molar-refractivity contribution in [2.24, 2.45) is 0 Å². The number of nitrogens with one attached hydrogen (secondary N) is 1. The number of fused-ring (bicyclic) bond motifs is 3. The Kier molecular flexibility index (Phi) is 7.18. The summed E-state index contributed by atoms with van der Waals surface area (Å²) in [5.41, 5.74) is 2.49. The number of para-hydroxylation sites is 2. The fraction of sp³-hybridized carbons (Fsp3) is 0.179. The summed E-state index contributed by atoms with van der Waals surface area (Å²) >= 11 is 9.43. The fourth-order valence-corrected chi connectivity index (χ4v) is 8.07. The fourth-order valence-electron chi connectivity index (χ4n) is 4.76. The van der Waals surface area contributed by atoms with Gasteiger partial charge in [0.15, 0.2) is 9.11 Å². The Bertz CT molecular complexity index is 1860. The van der Waals surface area contributed by atoms with Crippen LogP contribution in [-0.2, 0) is 17.6 Å². The zero-order valence-corrected chi connectivity index (χ0v) is 23.8. The number of aryl methyl sites for hydroxylation is 2. The van der Waals surface area contributed by atoms with Crippen molar-refractivity contribution in [3.8, 4) is 17.4 Å². The molecule has 0 saturated carbocycles. The maximum Gasteiger partial charge on any atom is 0.267 e. The highest BCUT2D eigenvalue weighted by Gasteiger charge is 2.24. The van der Waals surface area contributed by atoms with Gasteiger partial charge in [-0.25, -0.2) is 4.98 Å². The Hall–Kier alpha value is -3.56. The third-order valence-electron chi connectivity index (χ3n) is 6.49. The monoisotopic (exact) mass is 587 g/mol. The Morgan fingerprint density at radius 1 is 1.03 bits per heavy atom. The van der Waals surface area contributed by atoms with Gasteiger partial charge in [0.05, 0.1) is 16.8 Å². The Morgan fingerprint density at radius 3 is 2.38 bits per heavy atom. The van der Waals surface area contributed by atoms with Gasteiger partial charge in [-0.15, -0.1) is 11.3 Å². The molecule has 0 saturated heterocycles. The van der Waals surface area contributed by atoms with Crippen LogP contribution >= 0.6 is 46.7 Å². The number of aromatic nitrogens is 3. The second kappa shape index (κ2) is 10.9. The Balaban J connectivity index is 1.35. The SMILES string of the molecule is N#Cc1sc(=S)n(-c2ccccc2)c1NC(=O)CSc1nc2sc3c(c2c(=O)n1-c1ccccc1)CCCC3. The Morgan fingerprint density at radius 2 is 1.69 bits per heavy atom. The molecule has 3 aromatic heterocycles. The highest BCUT2D eigenvalue weighted by molar-refractivity contribution is 7.99. The normalized spacial score (nSPS) is 12.7. The Labute approximate surface area is 241 Å². The number of thioether (sulfide) groups is 1. The van der Waals surface area contributed by atoms with Crippen molar-refractivity contribution in [2.45, 2.75) is 30.8 Å². The average molecular weight is 588 g/mol. The molecule has 1 N–H and O–H groups in total. The number of rotatable bonds is 6. The number of hydrogen-bond acceptors (Lipinski definition) is 8. The molecule has 6 rings (SSSR count). The molecule has 0 unspecified atom stereocenters. The summed E-state index contributed by atoms with van der Waals surface area (Å²) in [6.07, 6.45) is 4.06. The molecule has 0 aliphatic heterocycles. The van der Waals surface area contributed by atoms with Gasteiger partial charge in [0, 0.05) is 10.6 Å². The molecule has 0 spiro atoms. The first-order valence-corrected chi connectivity index (χ1v) is 15.3. The molecule has 0 radical (unpaired) electrons. The molecular weight excluding hydrogens is 567 g/mol. The number of amides is 1. The largest absolute Gasteiger partial charge is 0.309 e. The third-order valence-corrected chi connectivity index (χ3v) is 9.89. The number of thiazole rings is 1. The summed E-state index contributed by atoms with van der Waals surface area (Å²) in [6, 6.07) is 20.9. The van der Waals surface area contributed by atoms with E-state index in [1.807, 2.05) is 60.7 Å². The maximum absolute atomic E-state index is 13.9. The summed E-state index contributed by atoms with van der Waals surface area (Å²) in [4.78, 5) is 34.3. The van der Waals surface area contributed by atoms with Gasteiger partial charge >= 0.3 is 0 Å². The standard InChI is InChI=1S/C28H21N5O2S4/c29-15-21-24(32(28(36)39-21)17-9-3-1-4-10-17)30-22(34)16-37-27-31-25-23(19-13-7-8-14-20(19)38-25)26(35)33(27)18-11-5-2-6-12-18/h1-6,9-12H,7-8,13-14,16H2,(H,30,34). The first-order chi connectivity index (χ1) is 19.0.